The molecule has 1 amide bonds. The second kappa shape index (κ2) is 9.99. The zero-order valence-corrected chi connectivity index (χ0v) is 16.3. The van der Waals surface area contributed by atoms with Gasteiger partial charge >= 0.3 is 0 Å². The van der Waals surface area contributed by atoms with E-state index in [0.29, 0.717) is 40.7 Å². The molecule has 0 bridgehead atoms. The number of rotatable bonds is 10. The highest BCUT2D eigenvalue weighted by atomic mass is 32.2. The second-order valence-corrected chi connectivity index (χ2v) is 7.54. The van der Waals surface area contributed by atoms with Gasteiger partial charge in [0, 0.05) is 18.2 Å². The number of aromatic amines is 1. The van der Waals surface area contributed by atoms with E-state index in [4.69, 9.17) is 14.6 Å². The van der Waals surface area contributed by atoms with E-state index in [1.165, 1.54) is 29.6 Å². The van der Waals surface area contributed by atoms with Crippen LogP contribution >= 0.6 is 23.5 Å². The van der Waals surface area contributed by atoms with Gasteiger partial charge in [-0.05, 0) is 18.6 Å². The molecule has 0 aliphatic carbocycles. The van der Waals surface area contributed by atoms with Crippen molar-refractivity contribution < 1.29 is 13.6 Å². The molecule has 10 nitrogen and oxygen atoms in total. The quantitative estimate of drug-likeness (QED) is 0.248. The van der Waals surface area contributed by atoms with Crippen LogP contribution in [0.3, 0.4) is 0 Å². The van der Waals surface area contributed by atoms with Crippen molar-refractivity contribution in [2.45, 2.75) is 29.8 Å². The average Bonchev–Trinajstić information content (AvgIpc) is 3.33. The van der Waals surface area contributed by atoms with Crippen molar-refractivity contribution in [1.82, 2.24) is 25.5 Å². The van der Waals surface area contributed by atoms with Gasteiger partial charge in [-0.25, -0.2) is 4.98 Å². The van der Waals surface area contributed by atoms with Crippen molar-refractivity contribution in [1.29, 1.82) is 0 Å². The number of aromatic nitrogens is 4. The Bertz CT molecular complexity index is 956. The fraction of sp³-hybridized carbons (Fsp3) is 0.312. The van der Waals surface area contributed by atoms with E-state index >= 15 is 0 Å². The highest BCUT2D eigenvalue weighted by Crippen LogP contribution is 2.18. The molecule has 0 saturated heterocycles. The summed E-state index contributed by atoms with van der Waals surface area (Å²) in [5.74, 6) is 2.10. The van der Waals surface area contributed by atoms with Crippen LogP contribution in [-0.2, 0) is 17.8 Å². The summed E-state index contributed by atoms with van der Waals surface area (Å²) in [5.41, 5.74) is 5.26. The summed E-state index contributed by atoms with van der Waals surface area (Å²) in [6.45, 7) is 0.340. The Hall–Kier alpha value is -2.73. The maximum atomic E-state index is 11.8. The summed E-state index contributed by atoms with van der Waals surface area (Å²) < 4.78 is 10.7. The number of carbonyl (C=O) groups excluding carboxylic acids is 1. The van der Waals surface area contributed by atoms with Crippen LogP contribution in [0.4, 0.5) is 5.82 Å². The number of anilines is 1. The van der Waals surface area contributed by atoms with Gasteiger partial charge in [0.05, 0.1) is 18.6 Å². The third kappa shape index (κ3) is 6.46. The number of thioether (sulfide) groups is 2. The Morgan fingerprint density at radius 1 is 1.32 bits per heavy atom. The lowest BCUT2D eigenvalue weighted by Gasteiger charge is -2.01. The lowest BCUT2D eigenvalue weighted by Crippen LogP contribution is -2.24. The Morgan fingerprint density at radius 2 is 2.21 bits per heavy atom. The minimum atomic E-state index is -0.276. The third-order valence-corrected chi connectivity index (χ3v) is 5.11. The summed E-state index contributed by atoms with van der Waals surface area (Å²) in [4.78, 5) is 29.8. The highest BCUT2D eigenvalue weighted by molar-refractivity contribution is 7.99. The molecule has 0 aromatic carbocycles. The van der Waals surface area contributed by atoms with E-state index in [1.807, 2.05) is 0 Å². The summed E-state index contributed by atoms with van der Waals surface area (Å²) >= 11 is 2.57. The molecule has 4 N–H and O–H groups in total. The molecular weight excluding hydrogens is 404 g/mol. The normalized spacial score (nSPS) is 10.9. The lowest BCUT2D eigenvalue weighted by atomic mass is 10.3. The van der Waals surface area contributed by atoms with Crippen LogP contribution in [0, 0.1) is 0 Å². The fourth-order valence-electron chi connectivity index (χ4n) is 2.09. The zero-order chi connectivity index (χ0) is 19.8. The largest absolute Gasteiger partial charge is 0.467 e. The van der Waals surface area contributed by atoms with Gasteiger partial charge in [-0.1, -0.05) is 23.5 Å². The number of nitrogens with zero attached hydrogens (tertiary/aromatic N) is 3. The first-order valence-electron chi connectivity index (χ1n) is 8.32. The monoisotopic (exact) mass is 422 g/mol. The zero-order valence-electron chi connectivity index (χ0n) is 14.7. The number of nitrogens with one attached hydrogen (secondary N) is 2. The van der Waals surface area contributed by atoms with Gasteiger partial charge < -0.3 is 24.9 Å². The number of hydrogen-bond acceptors (Lipinski definition) is 10. The number of aryl methyl sites for hydroxylation is 1. The Morgan fingerprint density at radius 3 is 3.00 bits per heavy atom. The number of nitrogens with two attached hydrogens (primary N) is 1. The topological polar surface area (TPSA) is 153 Å². The van der Waals surface area contributed by atoms with E-state index in [1.54, 1.807) is 18.4 Å². The third-order valence-electron chi connectivity index (χ3n) is 3.33. The van der Waals surface area contributed by atoms with Crippen molar-refractivity contribution in [3.8, 4) is 0 Å². The Labute approximate surface area is 168 Å². The van der Waals surface area contributed by atoms with Crippen molar-refractivity contribution in [3.63, 3.8) is 0 Å². The summed E-state index contributed by atoms with van der Waals surface area (Å²) in [5, 5.41) is 11.5. The first-order valence-corrected chi connectivity index (χ1v) is 10.3. The van der Waals surface area contributed by atoms with Gasteiger partial charge in [0.25, 0.3) is 10.8 Å². The van der Waals surface area contributed by atoms with E-state index in [0.717, 1.165) is 6.42 Å². The molecule has 0 radical (unpaired) electrons. The van der Waals surface area contributed by atoms with Gasteiger partial charge in [0.15, 0.2) is 5.16 Å². The molecule has 3 heterocycles. The molecular formula is C16H18N6O4S2. The Balaban J connectivity index is 1.34. The number of nitrogen functional groups attached to an aromatic ring is 1. The molecule has 3 aromatic heterocycles. The molecule has 0 aliphatic rings. The van der Waals surface area contributed by atoms with Gasteiger partial charge in [-0.3, -0.25) is 9.59 Å². The number of hydrogen-bond donors (Lipinski definition) is 3. The molecule has 148 valence electrons. The van der Waals surface area contributed by atoms with Crippen LogP contribution < -0.4 is 16.6 Å². The van der Waals surface area contributed by atoms with E-state index in [2.05, 4.69) is 25.5 Å². The van der Waals surface area contributed by atoms with Crippen molar-refractivity contribution in [3.05, 3.63) is 46.5 Å². The van der Waals surface area contributed by atoms with E-state index in [9.17, 15) is 9.59 Å². The highest BCUT2D eigenvalue weighted by Gasteiger charge is 2.10. The van der Waals surface area contributed by atoms with E-state index in [-0.39, 0.29) is 23.0 Å². The van der Waals surface area contributed by atoms with Gasteiger partial charge in [-0.15, -0.1) is 10.2 Å². The Kier molecular flexibility index (Phi) is 7.14. The fourth-order valence-corrected chi connectivity index (χ4v) is 3.52. The molecule has 0 saturated carbocycles. The molecule has 0 atom stereocenters. The summed E-state index contributed by atoms with van der Waals surface area (Å²) in [7, 11) is 0. The van der Waals surface area contributed by atoms with Crippen molar-refractivity contribution in [2.75, 3.05) is 17.2 Å². The molecule has 0 unspecified atom stereocenters. The predicted octanol–water partition coefficient (Wildman–Crippen LogP) is 1.46. The number of amides is 1. The van der Waals surface area contributed by atoms with Crippen molar-refractivity contribution >= 4 is 35.2 Å². The molecule has 3 rings (SSSR count). The SMILES string of the molecule is Nc1cc(=O)[nH]c(SCCCc2nnc(SCC(=O)NCc3ccco3)o2)n1. The average molecular weight is 422 g/mol. The lowest BCUT2D eigenvalue weighted by molar-refractivity contribution is -0.118. The number of H-pyrrole nitrogens is 1. The second-order valence-electron chi connectivity index (χ2n) is 5.53. The van der Waals surface area contributed by atoms with Crippen LogP contribution in [-0.4, -0.2) is 37.6 Å². The molecule has 12 heteroatoms. The first-order chi connectivity index (χ1) is 13.6. The summed E-state index contributed by atoms with van der Waals surface area (Å²) in [6, 6.07) is 4.79. The van der Waals surface area contributed by atoms with Gasteiger partial charge in [0.2, 0.25) is 11.8 Å². The van der Waals surface area contributed by atoms with Gasteiger partial charge in [0.1, 0.15) is 11.6 Å². The maximum absolute atomic E-state index is 11.8. The molecule has 28 heavy (non-hydrogen) atoms. The standard InChI is InChI=1S/C16H18N6O4S2/c17-11-7-12(23)20-15(19-11)27-6-2-4-14-21-22-16(26-14)28-9-13(24)18-8-10-3-1-5-25-10/h1,3,5,7H,2,4,6,8-9H2,(H,18,24)(H3,17,19,20,23). The van der Waals surface area contributed by atoms with Gasteiger partial charge in [-0.2, -0.15) is 0 Å². The van der Waals surface area contributed by atoms with Crippen LogP contribution in [0.5, 0.6) is 0 Å². The predicted molar refractivity (Wildman–Crippen MR) is 104 cm³/mol. The molecule has 0 fully saturated rings. The van der Waals surface area contributed by atoms with E-state index < -0.39 is 0 Å². The number of carbonyl (C=O) groups is 1. The first kappa shape index (κ1) is 20.0. The molecule has 3 aromatic rings. The smallest absolute Gasteiger partial charge is 0.277 e. The summed E-state index contributed by atoms with van der Waals surface area (Å²) in [6.07, 6.45) is 2.89. The minimum absolute atomic E-state index is 0.152. The number of furan rings is 1. The van der Waals surface area contributed by atoms with Crippen molar-refractivity contribution in [2.24, 2.45) is 0 Å². The van der Waals surface area contributed by atoms with Crippen LogP contribution in [0.25, 0.3) is 0 Å². The maximum Gasteiger partial charge on any atom is 0.277 e. The molecule has 0 spiro atoms. The van der Waals surface area contributed by atoms with Crippen LogP contribution in [0.15, 0.2) is 48.5 Å². The van der Waals surface area contributed by atoms with Crippen LogP contribution in [0.1, 0.15) is 18.1 Å². The van der Waals surface area contributed by atoms with Crippen LogP contribution in [0.2, 0.25) is 0 Å². The molecule has 0 aliphatic heterocycles. The minimum Gasteiger partial charge on any atom is -0.467 e.